The second kappa shape index (κ2) is 10.0. The van der Waals surface area contributed by atoms with Crippen molar-refractivity contribution in [3.8, 4) is 0 Å². The van der Waals surface area contributed by atoms with E-state index in [2.05, 4.69) is 28.9 Å². The molecule has 0 saturated heterocycles. The maximum absolute atomic E-state index is 12.4. The Morgan fingerprint density at radius 1 is 1.20 bits per heavy atom. The fourth-order valence-corrected chi connectivity index (χ4v) is 4.67. The molecule has 0 unspecified atom stereocenters. The summed E-state index contributed by atoms with van der Waals surface area (Å²) >= 11 is 1.70. The number of rotatable bonds is 8. The van der Waals surface area contributed by atoms with E-state index in [-0.39, 0.29) is 18.8 Å². The minimum absolute atomic E-state index is 0.0957. The van der Waals surface area contributed by atoms with Gasteiger partial charge >= 0.3 is 11.9 Å². The number of carbonyl (C=O) groups excluding carboxylic acids is 2. The van der Waals surface area contributed by atoms with Crippen LogP contribution in [0, 0.1) is 6.92 Å². The number of nitrogens with zero attached hydrogens (tertiary/aromatic N) is 3. The van der Waals surface area contributed by atoms with Crippen molar-refractivity contribution in [1.29, 1.82) is 0 Å². The lowest BCUT2D eigenvalue weighted by Crippen LogP contribution is -2.30. The van der Waals surface area contributed by atoms with Crippen LogP contribution in [0.4, 0.5) is 11.4 Å². The number of hydrogen-bond donors (Lipinski definition) is 0. The Kier molecular flexibility index (Phi) is 7.42. The SMILES string of the molecule is CCCN(C=C(C(=O)OCC)C(=O)OCC)c1cc2c(cc1C)SC1=NCCCN12. The lowest BCUT2D eigenvalue weighted by Gasteiger charge is -2.26. The normalized spacial score (nSPS) is 14.4. The summed E-state index contributed by atoms with van der Waals surface area (Å²) in [7, 11) is 0. The van der Waals surface area contributed by atoms with Gasteiger partial charge in [-0.25, -0.2) is 9.59 Å². The Morgan fingerprint density at radius 3 is 2.53 bits per heavy atom. The molecule has 0 aromatic heterocycles. The third kappa shape index (κ3) is 4.64. The van der Waals surface area contributed by atoms with E-state index in [1.165, 1.54) is 4.90 Å². The van der Waals surface area contributed by atoms with Gasteiger partial charge in [0.25, 0.3) is 0 Å². The largest absolute Gasteiger partial charge is 0.462 e. The van der Waals surface area contributed by atoms with Gasteiger partial charge in [-0.3, -0.25) is 4.99 Å². The summed E-state index contributed by atoms with van der Waals surface area (Å²) in [5.74, 6) is -1.34. The number of fused-ring (bicyclic) bond motifs is 3. The van der Waals surface area contributed by atoms with Crippen LogP contribution in [0.25, 0.3) is 0 Å². The van der Waals surface area contributed by atoms with E-state index in [0.717, 1.165) is 48.0 Å². The highest BCUT2D eigenvalue weighted by molar-refractivity contribution is 8.14. The summed E-state index contributed by atoms with van der Waals surface area (Å²) < 4.78 is 10.2. The fourth-order valence-electron chi connectivity index (χ4n) is 3.51. The monoisotopic (exact) mass is 431 g/mol. The van der Waals surface area contributed by atoms with Crippen molar-refractivity contribution in [2.24, 2.45) is 4.99 Å². The molecule has 0 fully saturated rings. The highest BCUT2D eigenvalue weighted by atomic mass is 32.2. The third-order valence-corrected chi connectivity index (χ3v) is 5.92. The molecule has 0 saturated carbocycles. The van der Waals surface area contributed by atoms with Gasteiger partial charge in [0.15, 0.2) is 10.7 Å². The topological polar surface area (TPSA) is 71.4 Å². The zero-order valence-electron chi connectivity index (χ0n) is 18.1. The minimum Gasteiger partial charge on any atom is -0.462 e. The third-order valence-electron chi connectivity index (χ3n) is 4.84. The van der Waals surface area contributed by atoms with Gasteiger partial charge in [0.1, 0.15) is 0 Å². The van der Waals surface area contributed by atoms with Crippen molar-refractivity contribution < 1.29 is 19.1 Å². The molecule has 0 N–H and O–H groups in total. The smallest absolute Gasteiger partial charge is 0.347 e. The minimum atomic E-state index is -0.670. The van der Waals surface area contributed by atoms with Crippen LogP contribution in [0.2, 0.25) is 0 Å². The molecule has 3 rings (SSSR count). The molecule has 0 aliphatic carbocycles. The standard InChI is InChI=1S/C22H29N3O4S/c1-5-10-24(14-16(20(26)28-6-2)21(27)29-7-3)17-13-18-19(12-15(17)4)30-22-23-9-8-11-25(18)22/h12-14H,5-11H2,1-4H3. The van der Waals surface area contributed by atoms with Gasteiger partial charge in [-0.05, 0) is 63.1 Å². The second-order valence-electron chi connectivity index (χ2n) is 7.06. The second-order valence-corrected chi connectivity index (χ2v) is 8.06. The molecule has 30 heavy (non-hydrogen) atoms. The van der Waals surface area contributed by atoms with Crippen molar-refractivity contribution in [3.63, 3.8) is 0 Å². The van der Waals surface area contributed by atoms with Gasteiger partial charge in [-0.1, -0.05) is 6.92 Å². The van der Waals surface area contributed by atoms with Crippen molar-refractivity contribution in [1.82, 2.24) is 0 Å². The van der Waals surface area contributed by atoms with Gasteiger partial charge in [-0.15, -0.1) is 0 Å². The molecule has 0 amide bonds. The number of thioether (sulfide) groups is 1. The summed E-state index contributed by atoms with van der Waals surface area (Å²) in [6.45, 7) is 10.4. The van der Waals surface area contributed by atoms with Gasteiger partial charge in [0, 0.05) is 36.4 Å². The number of hydrogen-bond acceptors (Lipinski definition) is 8. The first-order valence-corrected chi connectivity index (χ1v) is 11.3. The van der Waals surface area contributed by atoms with Gasteiger partial charge < -0.3 is 19.3 Å². The van der Waals surface area contributed by atoms with E-state index in [1.807, 2.05) is 11.8 Å². The predicted molar refractivity (Wildman–Crippen MR) is 120 cm³/mol. The van der Waals surface area contributed by atoms with E-state index < -0.39 is 11.9 Å². The van der Waals surface area contributed by atoms with Gasteiger partial charge in [-0.2, -0.15) is 0 Å². The Labute approximate surface area is 182 Å². The number of carbonyl (C=O) groups is 2. The summed E-state index contributed by atoms with van der Waals surface area (Å²) in [6, 6.07) is 4.28. The van der Waals surface area contributed by atoms with E-state index in [0.29, 0.717) is 6.54 Å². The van der Waals surface area contributed by atoms with Crippen LogP contribution in [0.1, 0.15) is 39.2 Å². The molecule has 1 aromatic carbocycles. The van der Waals surface area contributed by atoms with E-state index in [9.17, 15) is 9.59 Å². The molecular weight excluding hydrogens is 402 g/mol. The van der Waals surface area contributed by atoms with E-state index in [1.54, 1.807) is 31.8 Å². The maximum atomic E-state index is 12.4. The zero-order valence-corrected chi connectivity index (χ0v) is 18.9. The van der Waals surface area contributed by atoms with Crippen LogP contribution in [0.5, 0.6) is 0 Å². The van der Waals surface area contributed by atoms with Crippen LogP contribution >= 0.6 is 11.8 Å². The van der Waals surface area contributed by atoms with E-state index >= 15 is 0 Å². The first-order chi connectivity index (χ1) is 14.5. The molecule has 1 aromatic rings. The average molecular weight is 432 g/mol. The molecule has 0 atom stereocenters. The molecule has 0 spiro atoms. The van der Waals surface area contributed by atoms with Crippen LogP contribution < -0.4 is 9.80 Å². The number of amidine groups is 1. The Morgan fingerprint density at radius 2 is 1.90 bits per heavy atom. The van der Waals surface area contributed by atoms with Crippen LogP contribution in [0.3, 0.4) is 0 Å². The lowest BCUT2D eigenvalue weighted by molar-refractivity contribution is -0.146. The van der Waals surface area contributed by atoms with Crippen molar-refractivity contribution in [3.05, 3.63) is 29.5 Å². The maximum Gasteiger partial charge on any atom is 0.347 e. The van der Waals surface area contributed by atoms with Crippen molar-refractivity contribution in [2.75, 3.05) is 42.6 Å². The Hall–Kier alpha value is -2.48. The number of ether oxygens (including phenoxy) is 2. The molecule has 8 heteroatoms. The molecule has 0 radical (unpaired) electrons. The Bertz CT molecular complexity index is 861. The molecule has 2 aliphatic heterocycles. The molecule has 7 nitrogen and oxygen atoms in total. The van der Waals surface area contributed by atoms with Gasteiger partial charge in [0.05, 0.1) is 18.9 Å². The van der Waals surface area contributed by atoms with Crippen LogP contribution in [-0.4, -0.2) is 50.0 Å². The van der Waals surface area contributed by atoms with Crippen molar-refractivity contribution >= 4 is 40.2 Å². The highest BCUT2D eigenvalue weighted by Crippen LogP contribution is 2.44. The van der Waals surface area contributed by atoms with Gasteiger partial charge in [0.2, 0.25) is 0 Å². The molecule has 2 heterocycles. The first-order valence-electron chi connectivity index (χ1n) is 10.5. The first kappa shape index (κ1) is 22.2. The highest BCUT2D eigenvalue weighted by Gasteiger charge is 2.30. The molecule has 0 bridgehead atoms. The summed E-state index contributed by atoms with van der Waals surface area (Å²) in [6.07, 6.45) is 3.44. The molecule has 162 valence electrons. The number of aryl methyl sites for hydroxylation is 1. The summed E-state index contributed by atoms with van der Waals surface area (Å²) in [5.41, 5.74) is 3.05. The van der Waals surface area contributed by atoms with Crippen molar-refractivity contribution in [2.45, 2.75) is 45.4 Å². The summed E-state index contributed by atoms with van der Waals surface area (Å²) in [5, 5.41) is 1.05. The average Bonchev–Trinajstić information content (AvgIpc) is 3.08. The fraction of sp³-hybridized carbons (Fsp3) is 0.500. The number of anilines is 2. The predicted octanol–water partition coefficient (Wildman–Crippen LogP) is 3.89. The number of aliphatic imine (C=N–C) groups is 1. The quantitative estimate of drug-likeness (QED) is 0.268. The zero-order chi connectivity index (χ0) is 21.7. The Balaban J connectivity index is 2.02. The van der Waals surface area contributed by atoms with Crippen LogP contribution in [-0.2, 0) is 19.1 Å². The van der Waals surface area contributed by atoms with E-state index in [4.69, 9.17) is 9.47 Å². The molecular formula is C22H29N3O4S. The van der Waals surface area contributed by atoms with Crippen LogP contribution in [0.15, 0.2) is 33.8 Å². The number of esters is 2. The summed E-state index contributed by atoms with van der Waals surface area (Å²) in [4.78, 5) is 34.9. The molecule has 2 aliphatic rings. The lowest BCUT2D eigenvalue weighted by atomic mass is 10.1. The number of benzene rings is 1.